The van der Waals surface area contributed by atoms with Gasteiger partial charge in [-0.2, -0.15) is 5.26 Å². The molecule has 5 heteroatoms. The van der Waals surface area contributed by atoms with Crippen LogP contribution in [0.2, 0.25) is 5.02 Å². The number of nitrogens with zero attached hydrogens (tertiary/aromatic N) is 1. The second kappa shape index (κ2) is 3.81. The fraction of sp³-hybridized carbons (Fsp3) is 0.222. The minimum atomic E-state index is -1.08. The average Bonchev–Trinajstić information content (AvgIpc) is 2.14. The second-order valence-electron chi connectivity index (χ2n) is 2.77. The van der Waals surface area contributed by atoms with E-state index in [9.17, 15) is 8.78 Å². The van der Waals surface area contributed by atoms with E-state index in [1.54, 1.807) is 6.07 Å². The molecule has 0 saturated carbocycles. The summed E-state index contributed by atoms with van der Waals surface area (Å²) in [4.78, 5) is 0. The van der Waals surface area contributed by atoms with E-state index in [1.165, 1.54) is 6.92 Å². The van der Waals surface area contributed by atoms with Crippen molar-refractivity contribution in [2.24, 2.45) is 0 Å². The van der Waals surface area contributed by atoms with E-state index < -0.39 is 33.9 Å². The third-order valence-electron chi connectivity index (χ3n) is 1.80. The molecule has 1 N–H and O–H groups in total. The van der Waals surface area contributed by atoms with Crippen LogP contribution < -0.4 is 0 Å². The Morgan fingerprint density at radius 1 is 1.57 bits per heavy atom. The monoisotopic (exact) mass is 217 g/mol. The zero-order valence-corrected chi connectivity index (χ0v) is 7.94. The first-order valence-corrected chi connectivity index (χ1v) is 4.12. The van der Waals surface area contributed by atoms with Gasteiger partial charge in [0.1, 0.15) is 16.6 Å². The van der Waals surface area contributed by atoms with E-state index in [-0.39, 0.29) is 0 Å². The molecule has 1 unspecified atom stereocenters. The van der Waals surface area contributed by atoms with Crippen LogP contribution in [0.4, 0.5) is 8.78 Å². The van der Waals surface area contributed by atoms with Gasteiger partial charge in [-0.15, -0.1) is 0 Å². The normalized spacial score (nSPS) is 12.2. The van der Waals surface area contributed by atoms with Crippen molar-refractivity contribution in [3.63, 3.8) is 0 Å². The van der Waals surface area contributed by atoms with Gasteiger partial charge in [0.05, 0.1) is 12.0 Å². The highest BCUT2D eigenvalue weighted by atomic mass is 35.5. The Morgan fingerprint density at radius 2 is 2.14 bits per heavy atom. The van der Waals surface area contributed by atoms with Crippen LogP contribution in [0.25, 0.3) is 0 Å². The highest BCUT2D eigenvalue weighted by molar-refractivity contribution is 6.32. The number of phenols is 1. The van der Waals surface area contributed by atoms with Crippen molar-refractivity contribution in [3.05, 3.63) is 28.3 Å². The Balaban J connectivity index is 3.45. The number of hydrogen-bond donors (Lipinski definition) is 1. The molecule has 0 aliphatic carbocycles. The number of hydrogen-bond acceptors (Lipinski definition) is 2. The van der Waals surface area contributed by atoms with Crippen LogP contribution in [0, 0.1) is 23.0 Å². The summed E-state index contributed by atoms with van der Waals surface area (Å²) >= 11 is 5.35. The van der Waals surface area contributed by atoms with Gasteiger partial charge in [-0.05, 0) is 6.92 Å². The van der Waals surface area contributed by atoms with Crippen LogP contribution >= 0.6 is 11.6 Å². The SMILES string of the molecule is CC(C#N)c1c(F)cc(O)c(Cl)c1F. The molecule has 74 valence electrons. The zero-order chi connectivity index (χ0) is 10.9. The van der Waals surface area contributed by atoms with Crippen molar-refractivity contribution in [3.8, 4) is 11.8 Å². The lowest BCUT2D eigenvalue weighted by Gasteiger charge is -2.08. The number of benzene rings is 1. The molecule has 1 aromatic rings. The number of rotatable bonds is 1. The number of aromatic hydroxyl groups is 1. The first kappa shape index (κ1) is 10.7. The lowest BCUT2D eigenvalue weighted by atomic mass is 10.0. The summed E-state index contributed by atoms with van der Waals surface area (Å²) in [6.45, 7) is 1.34. The van der Waals surface area contributed by atoms with Crippen LogP contribution in [0.1, 0.15) is 18.4 Å². The van der Waals surface area contributed by atoms with E-state index in [4.69, 9.17) is 22.0 Å². The molecular formula is C9H6ClF2NO. The van der Waals surface area contributed by atoms with E-state index >= 15 is 0 Å². The van der Waals surface area contributed by atoms with Gasteiger partial charge >= 0.3 is 0 Å². The minimum Gasteiger partial charge on any atom is -0.506 e. The molecular weight excluding hydrogens is 212 g/mol. The molecule has 14 heavy (non-hydrogen) atoms. The number of nitriles is 1. The molecule has 0 saturated heterocycles. The number of phenolic OH excluding ortho intramolecular Hbond substituents is 1. The van der Waals surface area contributed by atoms with Gasteiger partial charge in [-0.3, -0.25) is 0 Å². The van der Waals surface area contributed by atoms with Crippen molar-refractivity contribution in [2.75, 3.05) is 0 Å². The summed E-state index contributed by atoms with van der Waals surface area (Å²) in [5, 5.41) is 16.9. The van der Waals surface area contributed by atoms with Gasteiger partial charge in [0.25, 0.3) is 0 Å². The van der Waals surface area contributed by atoms with E-state index in [0.29, 0.717) is 6.07 Å². The predicted octanol–water partition coefficient (Wildman–Crippen LogP) is 2.95. The van der Waals surface area contributed by atoms with Gasteiger partial charge in [-0.25, -0.2) is 8.78 Å². The molecule has 0 spiro atoms. The lowest BCUT2D eigenvalue weighted by molar-refractivity contribution is 0.456. The highest BCUT2D eigenvalue weighted by Gasteiger charge is 2.21. The highest BCUT2D eigenvalue weighted by Crippen LogP contribution is 2.33. The Morgan fingerprint density at radius 3 is 2.64 bits per heavy atom. The summed E-state index contributed by atoms with van der Waals surface area (Å²) in [7, 11) is 0. The molecule has 1 atom stereocenters. The fourth-order valence-corrected chi connectivity index (χ4v) is 1.21. The summed E-state index contributed by atoms with van der Waals surface area (Å²) < 4.78 is 26.4. The molecule has 0 aromatic heterocycles. The molecule has 0 radical (unpaired) electrons. The maximum atomic E-state index is 13.3. The maximum Gasteiger partial charge on any atom is 0.153 e. The van der Waals surface area contributed by atoms with Crippen LogP contribution in [-0.4, -0.2) is 5.11 Å². The van der Waals surface area contributed by atoms with Gasteiger partial charge < -0.3 is 5.11 Å². The van der Waals surface area contributed by atoms with Crippen LogP contribution in [0.15, 0.2) is 6.07 Å². The quantitative estimate of drug-likeness (QED) is 0.735. The van der Waals surface area contributed by atoms with Crippen molar-refractivity contribution in [1.82, 2.24) is 0 Å². The third kappa shape index (κ3) is 1.64. The standard InChI is InChI=1S/C9H6ClF2NO/c1-4(3-13)7-5(11)2-6(14)8(10)9(7)12/h2,4,14H,1H3. The Hall–Kier alpha value is -1.34. The Kier molecular flexibility index (Phi) is 2.92. The predicted molar refractivity (Wildman–Crippen MR) is 47.1 cm³/mol. The van der Waals surface area contributed by atoms with E-state index in [1.807, 2.05) is 0 Å². The Bertz CT molecular complexity index is 414. The van der Waals surface area contributed by atoms with Gasteiger partial charge in [0, 0.05) is 11.6 Å². The molecule has 0 aliphatic rings. The third-order valence-corrected chi connectivity index (χ3v) is 2.16. The molecule has 0 aliphatic heterocycles. The molecule has 0 bridgehead atoms. The van der Waals surface area contributed by atoms with Crippen molar-refractivity contribution >= 4 is 11.6 Å². The first-order valence-electron chi connectivity index (χ1n) is 3.75. The van der Waals surface area contributed by atoms with Crippen LogP contribution in [0.5, 0.6) is 5.75 Å². The molecule has 0 fully saturated rings. The van der Waals surface area contributed by atoms with Crippen LogP contribution in [-0.2, 0) is 0 Å². The van der Waals surface area contributed by atoms with Gasteiger partial charge in [0.15, 0.2) is 5.82 Å². The summed E-state index contributed by atoms with van der Waals surface area (Å²) in [6, 6.07) is 2.38. The largest absolute Gasteiger partial charge is 0.506 e. The van der Waals surface area contributed by atoms with Gasteiger partial charge in [-0.1, -0.05) is 11.6 Å². The molecule has 0 heterocycles. The second-order valence-corrected chi connectivity index (χ2v) is 3.15. The molecule has 2 nitrogen and oxygen atoms in total. The summed E-state index contributed by atoms with van der Waals surface area (Å²) in [5.74, 6) is -3.68. The maximum absolute atomic E-state index is 13.3. The van der Waals surface area contributed by atoms with Crippen LogP contribution in [0.3, 0.4) is 0 Å². The van der Waals surface area contributed by atoms with Crippen molar-refractivity contribution < 1.29 is 13.9 Å². The summed E-state index contributed by atoms with van der Waals surface area (Å²) in [6.07, 6.45) is 0. The minimum absolute atomic E-state index is 0.421. The topological polar surface area (TPSA) is 44.0 Å². The van der Waals surface area contributed by atoms with E-state index in [2.05, 4.69) is 0 Å². The molecule has 0 amide bonds. The van der Waals surface area contributed by atoms with Gasteiger partial charge in [0.2, 0.25) is 0 Å². The smallest absolute Gasteiger partial charge is 0.153 e. The lowest BCUT2D eigenvalue weighted by Crippen LogP contribution is -2.00. The number of halogens is 3. The summed E-state index contributed by atoms with van der Waals surface area (Å²) in [5.41, 5.74) is -0.421. The molecule has 1 aromatic carbocycles. The molecule has 1 rings (SSSR count). The Labute approximate surface area is 84.3 Å². The first-order chi connectivity index (χ1) is 6.49. The average molecular weight is 218 g/mol. The zero-order valence-electron chi connectivity index (χ0n) is 7.18. The van der Waals surface area contributed by atoms with E-state index in [0.717, 1.165) is 0 Å². The van der Waals surface area contributed by atoms with Crippen molar-refractivity contribution in [2.45, 2.75) is 12.8 Å². The van der Waals surface area contributed by atoms with Crippen molar-refractivity contribution in [1.29, 1.82) is 5.26 Å². The fourth-order valence-electron chi connectivity index (χ4n) is 1.06.